The Morgan fingerprint density at radius 3 is 2.62 bits per heavy atom. The van der Waals surface area contributed by atoms with Crippen molar-refractivity contribution in [3.05, 3.63) is 62.5 Å². The van der Waals surface area contributed by atoms with E-state index in [-0.39, 0.29) is 5.56 Å². The number of aryl methyl sites for hydroxylation is 3. The number of likely N-dealkylation sites (tertiary alicyclic amines) is 1. The molecule has 1 aliphatic carbocycles. The zero-order valence-corrected chi connectivity index (χ0v) is 17.8. The highest BCUT2D eigenvalue weighted by atomic mass is 32.1. The summed E-state index contributed by atoms with van der Waals surface area (Å²) in [5.74, 6) is 0.969. The van der Waals surface area contributed by atoms with Gasteiger partial charge in [-0.25, -0.2) is 4.98 Å². The molecule has 5 heteroatoms. The van der Waals surface area contributed by atoms with Gasteiger partial charge < -0.3 is 0 Å². The second-order valence-electron chi connectivity index (χ2n) is 8.45. The van der Waals surface area contributed by atoms with Crippen LogP contribution in [-0.2, 0) is 32.4 Å². The maximum absolute atomic E-state index is 13.6. The molecule has 0 N–H and O–H groups in total. The molecule has 1 saturated heterocycles. The quantitative estimate of drug-likeness (QED) is 0.601. The molecule has 0 unspecified atom stereocenters. The van der Waals surface area contributed by atoms with Crippen molar-refractivity contribution in [1.29, 1.82) is 0 Å². The summed E-state index contributed by atoms with van der Waals surface area (Å²) in [6.07, 6.45) is 9.08. The predicted octanol–water partition coefficient (Wildman–Crippen LogP) is 4.57. The maximum atomic E-state index is 13.6. The molecule has 2 aromatic heterocycles. The van der Waals surface area contributed by atoms with Gasteiger partial charge in [-0.3, -0.25) is 14.3 Å². The molecule has 0 spiro atoms. The van der Waals surface area contributed by atoms with Crippen LogP contribution in [0.5, 0.6) is 0 Å². The van der Waals surface area contributed by atoms with Gasteiger partial charge in [-0.2, -0.15) is 0 Å². The van der Waals surface area contributed by atoms with Crippen LogP contribution in [0.25, 0.3) is 10.2 Å². The maximum Gasteiger partial charge on any atom is 0.262 e. The Labute approximate surface area is 176 Å². The van der Waals surface area contributed by atoms with Gasteiger partial charge in [-0.15, -0.1) is 11.3 Å². The van der Waals surface area contributed by atoms with Gasteiger partial charge in [0.2, 0.25) is 0 Å². The van der Waals surface area contributed by atoms with Crippen LogP contribution in [-0.4, -0.2) is 27.5 Å². The molecule has 0 atom stereocenters. The third-order valence-corrected chi connectivity index (χ3v) is 7.59. The van der Waals surface area contributed by atoms with E-state index in [2.05, 4.69) is 35.2 Å². The van der Waals surface area contributed by atoms with Crippen LogP contribution in [0.2, 0.25) is 0 Å². The monoisotopic (exact) mass is 407 g/mol. The topological polar surface area (TPSA) is 38.1 Å². The van der Waals surface area contributed by atoms with Crippen molar-refractivity contribution < 1.29 is 0 Å². The second kappa shape index (κ2) is 8.41. The average Bonchev–Trinajstić information content (AvgIpc) is 3.38. The van der Waals surface area contributed by atoms with Crippen molar-refractivity contribution in [2.24, 2.45) is 0 Å². The first-order valence-corrected chi connectivity index (χ1v) is 11.9. The number of rotatable bonds is 6. The molecule has 0 amide bonds. The van der Waals surface area contributed by atoms with Crippen molar-refractivity contribution in [3.63, 3.8) is 0 Å². The van der Waals surface area contributed by atoms with E-state index in [0.717, 1.165) is 67.9 Å². The number of hydrogen-bond donors (Lipinski definition) is 0. The lowest BCUT2D eigenvalue weighted by molar-refractivity contribution is 0.313. The molecule has 0 bridgehead atoms. The Hall–Kier alpha value is -1.98. The fourth-order valence-electron chi connectivity index (χ4n) is 4.86. The number of fused-ring (bicyclic) bond motifs is 3. The minimum Gasteiger partial charge on any atom is -0.296 e. The first-order valence-electron chi connectivity index (χ1n) is 11.1. The van der Waals surface area contributed by atoms with E-state index in [1.54, 1.807) is 11.3 Å². The summed E-state index contributed by atoms with van der Waals surface area (Å²) in [4.78, 5) is 23.5. The molecule has 0 saturated carbocycles. The molecule has 1 fully saturated rings. The summed E-state index contributed by atoms with van der Waals surface area (Å²) in [7, 11) is 0. The van der Waals surface area contributed by atoms with Gasteiger partial charge in [0, 0.05) is 11.4 Å². The SMILES string of the molecule is O=c1c2c3c(sc2nc(CN2CCCC2)n1CCCc1ccccc1)CCCC3. The number of benzene rings is 1. The fraction of sp³-hybridized carbons (Fsp3) is 0.500. The van der Waals surface area contributed by atoms with E-state index >= 15 is 0 Å². The van der Waals surface area contributed by atoms with E-state index in [1.165, 1.54) is 41.7 Å². The van der Waals surface area contributed by atoms with Gasteiger partial charge in [-0.05, 0) is 75.6 Å². The summed E-state index contributed by atoms with van der Waals surface area (Å²) >= 11 is 1.77. The minimum absolute atomic E-state index is 0.205. The highest BCUT2D eigenvalue weighted by Gasteiger charge is 2.23. The van der Waals surface area contributed by atoms with E-state index in [9.17, 15) is 4.79 Å². The van der Waals surface area contributed by atoms with Crippen LogP contribution in [0, 0.1) is 0 Å². The van der Waals surface area contributed by atoms with Crippen molar-refractivity contribution in [2.75, 3.05) is 13.1 Å². The second-order valence-corrected chi connectivity index (χ2v) is 9.53. The Balaban J connectivity index is 1.49. The summed E-state index contributed by atoms with van der Waals surface area (Å²) < 4.78 is 2.01. The third-order valence-electron chi connectivity index (χ3n) is 6.41. The molecule has 2 aliphatic rings. The first-order chi connectivity index (χ1) is 14.3. The zero-order chi connectivity index (χ0) is 19.6. The van der Waals surface area contributed by atoms with Crippen LogP contribution in [0.4, 0.5) is 0 Å². The molecule has 4 nitrogen and oxygen atoms in total. The average molecular weight is 408 g/mol. The van der Waals surface area contributed by atoms with Gasteiger partial charge in [0.05, 0.1) is 11.9 Å². The Morgan fingerprint density at radius 2 is 1.79 bits per heavy atom. The molecule has 29 heavy (non-hydrogen) atoms. The van der Waals surface area contributed by atoms with Gasteiger partial charge in [-0.1, -0.05) is 30.3 Å². The Kier molecular flexibility index (Phi) is 5.51. The van der Waals surface area contributed by atoms with Gasteiger partial charge in [0.25, 0.3) is 5.56 Å². The third kappa shape index (κ3) is 3.90. The molecule has 152 valence electrons. The molecule has 3 aromatic rings. The Bertz CT molecular complexity index is 1050. The molecular weight excluding hydrogens is 378 g/mol. The summed E-state index contributed by atoms with van der Waals surface area (Å²) in [6.45, 7) is 3.81. The number of thiophene rings is 1. The molecule has 3 heterocycles. The summed E-state index contributed by atoms with van der Waals surface area (Å²) in [5, 5.41) is 0.926. The van der Waals surface area contributed by atoms with Crippen molar-refractivity contribution >= 4 is 21.6 Å². The van der Waals surface area contributed by atoms with E-state index in [4.69, 9.17) is 4.98 Å². The van der Waals surface area contributed by atoms with E-state index in [0.29, 0.717) is 0 Å². The number of hydrogen-bond acceptors (Lipinski definition) is 4. The van der Waals surface area contributed by atoms with Gasteiger partial charge in [0.15, 0.2) is 0 Å². The van der Waals surface area contributed by atoms with Crippen molar-refractivity contribution in [3.8, 4) is 0 Å². The normalized spacial score (nSPS) is 17.1. The van der Waals surface area contributed by atoms with Crippen LogP contribution >= 0.6 is 11.3 Å². The lowest BCUT2D eigenvalue weighted by atomic mass is 9.97. The van der Waals surface area contributed by atoms with Crippen LogP contribution < -0.4 is 5.56 Å². The summed E-state index contributed by atoms with van der Waals surface area (Å²) in [5.41, 5.74) is 2.85. The molecule has 0 radical (unpaired) electrons. The summed E-state index contributed by atoms with van der Waals surface area (Å²) in [6, 6.07) is 10.6. The molecule has 1 aliphatic heterocycles. The van der Waals surface area contributed by atoms with Crippen molar-refractivity contribution in [2.45, 2.75) is 64.5 Å². The standard InChI is InChI=1S/C24H29N3OS/c28-24-22-19-12-4-5-13-20(19)29-23(22)25-21(17-26-14-6-7-15-26)27(24)16-8-11-18-9-2-1-3-10-18/h1-3,9-10H,4-8,11-17H2. The van der Waals surface area contributed by atoms with Gasteiger partial charge in [0.1, 0.15) is 10.7 Å². The van der Waals surface area contributed by atoms with E-state index < -0.39 is 0 Å². The fourth-order valence-corrected chi connectivity index (χ4v) is 6.13. The lowest BCUT2D eigenvalue weighted by Crippen LogP contribution is -2.30. The first kappa shape index (κ1) is 19.0. The highest BCUT2D eigenvalue weighted by molar-refractivity contribution is 7.18. The van der Waals surface area contributed by atoms with E-state index in [1.807, 2.05) is 4.57 Å². The van der Waals surface area contributed by atoms with Gasteiger partial charge >= 0.3 is 0 Å². The highest BCUT2D eigenvalue weighted by Crippen LogP contribution is 2.34. The van der Waals surface area contributed by atoms with Crippen molar-refractivity contribution in [1.82, 2.24) is 14.5 Å². The Morgan fingerprint density at radius 1 is 1.00 bits per heavy atom. The lowest BCUT2D eigenvalue weighted by Gasteiger charge is -2.18. The number of nitrogens with zero attached hydrogens (tertiary/aromatic N) is 3. The smallest absolute Gasteiger partial charge is 0.262 e. The molecular formula is C24H29N3OS. The number of aromatic nitrogens is 2. The predicted molar refractivity (Wildman–Crippen MR) is 120 cm³/mol. The largest absolute Gasteiger partial charge is 0.296 e. The molecule has 1 aromatic carbocycles. The molecule has 5 rings (SSSR count). The zero-order valence-electron chi connectivity index (χ0n) is 17.0. The minimum atomic E-state index is 0.205. The van der Waals surface area contributed by atoms with Crippen LogP contribution in [0.15, 0.2) is 35.1 Å². The van der Waals surface area contributed by atoms with Crippen LogP contribution in [0.3, 0.4) is 0 Å². The van der Waals surface area contributed by atoms with Crippen LogP contribution in [0.1, 0.15) is 53.9 Å².